The fourth-order valence-electron chi connectivity index (χ4n) is 5.98. The van der Waals surface area contributed by atoms with Gasteiger partial charge in [0, 0.05) is 25.6 Å². The van der Waals surface area contributed by atoms with Crippen LogP contribution in [0.1, 0.15) is 77.0 Å². The smallest absolute Gasteiger partial charge is 0.0993 e. The summed E-state index contributed by atoms with van der Waals surface area (Å²) in [5.41, 5.74) is 0. The Morgan fingerprint density at radius 1 is 1.00 bits per heavy atom. The van der Waals surface area contributed by atoms with Crippen LogP contribution in [0.5, 0.6) is 0 Å². The number of likely N-dealkylation sites (tertiary alicyclic amines) is 1. The van der Waals surface area contributed by atoms with E-state index >= 15 is 0 Å². The number of amidine groups is 1. The summed E-state index contributed by atoms with van der Waals surface area (Å²) in [4.78, 5) is 10.5. The highest BCUT2D eigenvalue weighted by Gasteiger charge is 2.40. The lowest BCUT2D eigenvalue weighted by Gasteiger charge is -2.46. The maximum atomic E-state index is 5.47. The highest BCUT2D eigenvalue weighted by atomic mass is 15.3. The van der Waals surface area contributed by atoms with Gasteiger partial charge >= 0.3 is 0 Å². The number of nitrogens with zero attached hydrogens (tertiary/aromatic N) is 3. The van der Waals surface area contributed by atoms with Crippen molar-refractivity contribution < 1.29 is 0 Å². The molecule has 148 valence electrons. The number of piperidine rings is 1. The summed E-state index contributed by atoms with van der Waals surface area (Å²) >= 11 is 0. The van der Waals surface area contributed by atoms with Gasteiger partial charge in [-0.05, 0) is 64.5 Å². The molecular weight excluding hydrogens is 320 g/mol. The average molecular weight is 361 g/mol. The Morgan fingerprint density at radius 3 is 2.58 bits per heavy atom. The van der Waals surface area contributed by atoms with Crippen LogP contribution in [0.4, 0.5) is 0 Å². The van der Waals surface area contributed by atoms with E-state index in [1.165, 1.54) is 96.0 Å². The van der Waals surface area contributed by atoms with Crippen LogP contribution in [-0.4, -0.2) is 61.1 Å². The van der Waals surface area contributed by atoms with Crippen molar-refractivity contribution in [1.82, 2.24) is 15.1 Å². The van der Waals surface area contributed by atoms with E-state index in [0.29, 0.717) is 18.2 Å². The monoisotopic (exact) mass is 360 g/mol. The number of nitrogens with one attached hydrogen (secondary N) is 1. The molecular formula is C22H40N4. The molecule has 0 bridgehead atoms. The molecule has 0 aromatic rings. The van der Waals surface area contributed by atoms with Crippen molar-refractivity contribution in [2.24, 2.45) is 16.8 Å². The minimum Gasteiger partial charge on any atom is -0.360 e. The molecule has 4 aliphatic rings. The lowest BCUT2D eigenvalue weighted by molar-refractivity contribution is 0.0884. The zero-order chi connectivity index (χ0) is 17.9. The van der Waals surface area contributed by atoms with Crippen molar-refractivity contribution >= 4 is 5.84 Å². The molecule has 2 saturated carbocycles. The van der Waals surface area contributed by atoms with E-state index in [1.54, 1.807) is 0 Å². The summed E-state index contributed by atoms with van der Waals surface area (Å²) < 4.78 is 0. The van der Waals surface area contributed by atoms with Crippen LogP contribution in [-0.2, 0) is 0 Å². The molecule has 4 atom stereocenters. The second kappa shape index (κ2) is 8.60. The summed E-state index contributed by atoms with van der Waals surface area (Å²) in [5, 5.41) is 3.93. The first-order valence-corrected chi connectivity index (χ1v) is 11.4. The summed E-state index contributed by atoms with van der Waals surface area (Å²) in [6, 6.07) is 1.23. The summed E-state index contributed by atoms with van der Waals surface area (Å²) in [5.74, 6) is 3.16. The topological polar surface area (TPSA) is 30.9 Å². The third-order valence-electron chi connectivity index (χ3n) is 7.52. The van der Waals surface area contributed by atoms with Crippen LogP contribution in [0.2, 0.25) is 0 Å². The van der Waals surface area contributed by atoms with Crippen molar-refractivity contribution in [2.75, 3.05) is 27.2 Å². The Hall–Kier alpha value is -0.610. The maximum absolute atomic E-state index is 5.47. The zero-order valence-corrected chi connectivity index (χ0v) is 17.1. The molecule has 2 heterocycles. The summed E-state index contributed by atoms with van der Waals surface area (Å²) in [6.07, 6.45) is 17.0. The first kappa shape index (κ1) is 18.7. The van der Waals surface area contributed by atoms with Gasteiger partial charge in [-0.1, -0.05) is 32.1 Å². The normalized spacial score (nSPS) is 38.1. The fourth-order valence-corrected chi connectivity index (χ4v) is 5.98. The Balaban J connectivity index is 1.46. The van der Waals surface area contributed by atoms with Gasteiger partial charge in [0.15, 0.2) is 0 Å². The van der Waals surface area contributed by atoms with Gasteiger partial charge in [-0.2, -0.15) is 0 Å². The van der Waals surface area contributed by atoms with Crippen molar-refractivity contribution in [3.63, 3.8) is 0 Å². The average Bonchev–Trinajstić information content (AvgIpc) is 3.09. The van der Waals surface area contributed by atoms with Crippen molar-refractivity contribution in [1.29, 1.82) is 0 Å². The fraction of sp³-hybridized carbons (Fsp3) is 0.955. The molecule has 0 aromatic carbocycles. The highest BCUT2D eigenvalue weighted by molar-refractivity contribution is 5.84. The maximum Gasteiger partial charge on any atom is 0.0993 e. The van der Waals surface area contributed by atoms with Crippen molar-refractivity contribution in [2.45, 2.75) is 95.3 Å². The SMILES string of the molecule is CN(C)C1CC(N=C2CCCN2CC2CCCCC2)C2CCCCC2N1. The summed E-state index contributed by atoms with van der Waals surface area (Å²) in [7, 11) is 4.44. The van der Waals surface area contributed by atoms with E-state index in [1.807, 2.05) is 0 Å². The molecule has 4 heteroatoms. The van der Waals surface area contributed by atoms with Crippen LogP contribution >= 0.6 is 0 Å². The second-order valence-electron chi connectivity index (χ2n) is 9.60. The van der Waals surface area contributed by atoms with Crippen LogP contribution in [0.25, 0.3) is 0 Å². The van der Waals surface area contributed by atoms with Gasteiger partial charge in [-0.25, -0.2) is 0 Å². The van der Waals surface area contributed by atoms with E-state index in [2.05, 4.69) is 29.2 Å². The molecule has 4 fully saturated rings. The van der Waals surface area contributed by atoms with Gasteiger partial charge in [0.05, 0.1) is 18.0 Å². The van der Waals surface area contributed by atoms with Crippen LogP contribution in [0.15, 0.2) is 4.99 Å². The van der Waals surface area contributed by atoms with Crippen molar-refractivity contribution in [3.05, 3.63) is 0 Å². The van der Waals surface area contributed by atoms with Crippen LogP contribution in [0.3, 0.4) is 0 Å². The molecule has 26 heavy (non-hydrogen) atoms. The second-order valence-corrected chi connectivity index (χ2v) is 9.60. The Kier molecular flexibility index (Phi) is 6.20. The predicted molar refractivity (Wildman–Crippen MR) is 110 cm³/mol. The first-order valence-electron chi connectivity index (χ1n) is 11.4. The molecule has 2 saturated heterocycles. The third kappa shape index (κ3) is 4.27. The van der Waals surface area contributed by atoms with Gasteiger partial charge < -0.3 is 4.90 Å². The molecule has 0 amide bonds. The summed E-state index contributed by atoms with van der Waals surface area (Å²) in [6.45, 7) is 2.54. The molecule has 0 spiro atoms. The molecule has 2 aliphatic heterocycles. The van der Waals surface area contributed by atoms with Crippen molar-refractivity contribution in [3.8, 4) is 0 Å². The van der Waals surface area contributed by atoms with Gasteiger partial charge in [0.25, 0.3) is 0 Å². The zero-order valence-electron chi connectivity index (χ0n) is 17.1. The molecule has 0 aromatic heterocycles. The first-order chi connectivity index (χ1) is 12.7. The van der Waals surface area contributed by atoms with Gasteiger partial charge in [-0.3, -0.25) is 15.2 Å². The molecule has 4 unspecified atom stereocenters. The quantitative estimate of drug-likeness (QED) is 0.826. The van der Waals surface area contributed by atoms with Crippen LogP contribution in [0, 0.1) is 11.8 Å². The number of aliphatic imine (C=N–C) groups is 1. The molecule has 1 N–H and O–H groups in total. The number of fused-ring (bicyclic) bond motifs is 1. The number of hydrogen-bond acceptors (Lipinski definition) is 3. The Labute approximate surface area is 160 Å². The molecule has 2 aliphatic carbocycles. The highest BCUT2D eigenvalue weighted by Crippen LogP contribution is 2.35. The lowest BCUT2D eigenvalue weighted by atomic mass is 9.75. The van der Waals surface area contributed by atoms with Gasteiger partial charge in [0.2, 0.25) is 0 Å². The standard InChI is InChI=1S/C22H40N4/c1-25(2)22-15-20(18-11-6-7-12-19(18)23-22)24-21-13-8-14-26(21)16-17-9-4-3-5-10-17/h17-20,22-23H,3-16H2,1-2H3. The van der Waals surface area contributed by atoms with E-state index in [0.717, 1.165) is 11.8 Å². The molecule has 4 rings (SSSR count). The largest absolute Gasteiger partial charge is 0.360 e. The lowest BCUT2D eigenvalue weighted by Crippen LogP contribution is -2.58. The van der Waals surface area contributed by atoms with E-state index < -0.39 is 0 Å². The third-order valence-corrected chi connectivity index (χ3v) is 7.52. The van der Waals surface area contributed by atoms with E-state index in [4.69, 9.17) is 4.99 Å². The van der Waals surface area contributed by atoms with E-state index in [9.17, 15) is 0 Å². The van der Waals surface area contributed by atoms with Gasteiger partial charge in [0.1, 0.15) is 0 Å². The van der Waals surface area contributed by atoms with Gasteiger partial charge in [-0.15, -0.1) is 0 Å². The minimum absolute atomic E-state index is 0.497. The van der Waals surface area contributed by atoms with E-state index in [-0.39, 0.29) is 0 Å². The minimum atomic E-state index is 0.497. The van der Waals surface area contributed by atoms with Crippen LogP contribution < -0.4 is 5.32 Å². The Bertz CT molecular complexity index is 483. The Morgan fingerprint density at radius 2 is 1.77 bits per heavy atom. The predicted octanol–water partition coefficient (Wildman–Crippen LogP) is 3.87. The molecule has 4 nitrogen and oxygen atoms in total. The molecule has 0 radical (unpaired) electrons. The number of rotatable bonds is 4. The number of hydrogen-bond donors (Lipinski definition) is 1.